The van der Waals surface area contributed by atoms with Crippen LogP contribution in [0.2, 0.25) is 0 Å². The third kappa shape index (κ3) is 3.64. The summed E-state index contributed by atoms with van der Waals surface area (Å²) in [7, 11) is 0. The van der Waals surface area contributed by atoms with E-state index in [4.69, 9.17) is 5.11 Å². The molecule has 22 heavy (non-hydrogen) atoms. The van der Waals surface area contributed by atoms with Gasteiger partial charge in [0.15, 0.2) is 0 Å². The van der Waals surface area contributed by atoms with Gasteiger partial charge in [-0.05, 0) is 24.6 Å². The van der Waals surface area contributed by atoms with Gasteiger partial charge in [-0.1, -0.05) is 23.9 Å². The molecule has 2 rings (SSSR count). The van der Waals surface area contributed by atoms with Gasteiger partial charge in [-0.15, -0.1) is 0 Å². The van der Waals surface area contributed by atoms with Gasteiger partial charge >= 0.3 is 5.97 Å². The molecule has 1 fully saturated rings. The first kappa shape index (κ1) is 16.0. The molecule has 0 saturated carbocycles. The van der Waals surface area contributed by atoms with Gasteiger partial charge in [0.25, 0.3) is 11.1 Å². The second-order valence-electron chi connectivity index (χ2n) is 4.77. The monoisotopic (exact) mass is 322 g/mol. The standard InChI is InChI=1S/C14H14N2O5S/c1-8(13(19)20)15-12(18)10-4-2-3-9(5-10)6-16-11(17)7-22-14(16)21/h2-5,8H,6-7H2,1H3,(H,15,18)(H,19,20)/t8-/m0/s1. The number of carbonyl (C=O) groups excluding carboxylic acids is 3. The number of imide groups is 1. The number of nitrogens with zero attached hydrogens (tertiary/aromatic N) is 1. The number of carboxylic acids is 1. The van der Waals surface area contributed by atoms with Gasteiger partial charge in [0, 0.05) is 5.56 Å². The van der Waals surface area contributed by atoms with Crippen molar-refractivity contribution in [3.63, 3.8) is 0 Å². The van der Waals surface area contributed by atoms with Crippen molar-refractivity contribution >= 4 is 34.8 Å². The molecule has 1 saturated heterocycles. The second-order valence-corrected chi connectivity index (χ2v) is 5.69. The topological polar surface area (TPSA) is 104 Å². The Morgan fingerprint density at radius 1 is 1.41 bits per heavy atom. The van der Waals surface area contributed by atoms with Crippen molar-refractivity contribution in [1.29, 1.82) is 0 Å². The quantitative estimate of drug-likeness (QED) is 0.841. The van der Waals surface area contributed by atoms with E-state index in [1.54, 1.807) is 12.1 Å². The number of rotatable bonds is 5. The summed E-state index contributed by atoms with van der Waals surface area (Å²) < 4.78 is 0. The number of hydrogen-bond donors (Lipinski definition) is 2. The van der Waals surface area contributed by atoms with Gasteiger partial charge < -0.3 is 10.4 Å². The number of nitrogens with one attached hydrogen (secondary N) is 1. The smallest absolute Gasteiger partial charge is 0.325 e. The zero-order chi connectivity index (χ0) is 16.3. The van der Waals surface area contributed by atoms with E-state index >= 15 is 0 Å². The van der Waals surface area contributed by atoms with Gasteiger partial charge in [-0.25, -0.2) is 0 Å². The molecule has 0 unspecified atom stereocenters. The van der Waals surface area contributed by atoms with Crippen LogP contribution < -0.4 is 5.32 Å². The number of amides is 3. The van der Waals surface area contributed by atoms with E-state index in [-0.39, 0.29) is 29.0 Å². The van der Waals surface area contributed by atoms with E-state index in [1.807, 2.05) is 0 Å². The minimum atomic E-state index is -1.13. The predicted octanol–water partition coefficient (Wildman–Crippen LogP) is 1.08. The zero-order valence-corrected chi connectivity index (χ0v) is 12.6. The number of thioether (sulfide) groups is 1. The maximum atomic E-state index is 12.0. The van der Waals surface area contributed by atoms with Crippen molar-refractivity contribution in [3.05, 3.63) is 35.4 Å². The average molecular weight is 322 g/mol. The van der Waals surface area contributed by atoms with Crippen molar-refractivity contribution in [2.75, 3.05) is 5.75 Å². The molecule has 2 N–H and O–H groups in total. The Morgan fingerprint density at radius 2 is 2.14 bits per heavy atom. The van der Waals surface area contributed by atoms with Gasteiger partial charge in [0.05, 0.1) is 12.3 Å². The van der Waals surface area contributed by atoms with Crippen LogP contribution in [0.3, 0.4) is 0 Å². The molecule has 1 aromatic carbocycles. The molecule has 0 radical (unpaired) electrons. The van der Waals surface area contributed by atoms with Gasteiger partial charge in [0.1, 0.15) is 6.04 Å². The minimum Gasteiger partial charge on any atom is -0.480 e. The number of aliphatic carboxylic acids is 1. The molecule has 0 spiro atoms. The van der Waals surface area contributed by atoms with Gasteiger partial charge in [0.2, 0.25) is 5.91 Å². The molecule has 7 nitrogen and oxygen atoms in total. The van der Waals surface area contributed by atoms with Crippen LogP contribution in [-0.2, 0) is 16.1 Å². The highest BCUT2D eigenvalue weighted by molar-refractivity contribution is 8.14. The van der Waals surface area contributed by atoms with Crippen LogP contribution in [0.25, 0.3) is 0 Å². The maximum Gasteiger partial charge on any atom is 0.325 e. The Morgan fingerprint density at radius 3 is 2.73 bits per heavy atom. The largest absolute Gasteiger partial charge is 0.480 e. The molecular weight excluding hydrogens is 308 g/mol. The summed E-state index contributed by atoms with van der Waals surface area (Å²) in [6.45, 7) is 1.46. The lowest BCUT2D eigenvalue weighted by Gasteiger charge is -2.14. The molecule has 0 aromatic heterocycles. The van der Waals surface area contributed by atoms with Crippen molar-refractivity contribution in [1.82, 2.24) is 10.2 Å². The van der Waals surface area contributed by atoms with E-state index in [0.717, 1.165) is 16.7 Å². The highest BCUT2D eigenvalue weighted by Gasteiger charge is 2.29. The fourth-order valence-electron chi connectivity index (χ4n) is 1.87. The van der Waals surface area contributed by atoms with Gasteiger partial charge in [-0.3, -0.25) is 24.1 Å². The lowest BCUT2D eigenvalue weighted by Crippen LogP contribution is -2.38. The summed E-state index contributed by atoms with van der Waals surface area (Å²) in [5.74, 6) is -1.78. The molecule has 1 heterocycles. The number of benzene rings is 1. The van der Waals surface area contributed by atoms with Gasteiger partial charge in [-0.2, -0.15) is 0 Å². The molecule has 3 amide bonds. The molecule has 1 aromatic rings. The summed E-state index contributed by atoms with van der Waals surface area (Å²) in [6.07, 6.45) is 0. The van der Waals surface area contributed by atoms with E-state index < -0.39 is 17.9 Å². The van der Waals surface area contributed by atoms with E-state index in [2.05, 4.69) is 5.32 Å². The lowest BCUT2D eigenvalue weighted by atomic mass is 10.1. The third-order valence-electron chi connectivity index (χ3n) is 3.09. The Bertz CT molecular complexity index is 630. The highest BCUT2D eigenvalue weighted by atomic mass is 32.2. The summed E-state index contributed by atoms with van der Waals surface area (Å²) in [6, 6.07) is 5.38. The van der Waals surface area contributed by atoms with Crippen LogP contribution in [0.5, 0.6) is 0 Å². The fourth-order valence-corrected chi connectivity index (χ4v) is 2.59. The average Bonchev–Trinajstić information content (AvgIpc) is 2.79. The Labute approximate surface area is 130 Å². The molecule has 116 valence electrons. The van der Waals surface area contributed by atoms with Crippen LogP contribution in [0.4, 0.5) is 4.79 Å². The van der Waals surface area contributed by atoms with Crippen molar-refractivity contribution in [2.24, 2.45) is 0 Å². The Balaban J connectivity index is 2.09. The molecule has 1 atom stereocenters. The SMILES string of the molecule is C[C@H](NC(=O)c1cccc(CN2C(=O)CSC2=O)c1)C(=O)O. The first-order chi connectivity index (χ1) is 10.4. The van der Waals surface area contributed by atoms with Crippen molar-refractivity contribution in [2.45, 2.75) is 19.5 Å². The zero-order valence-electron chi connectivity index (χ0n) is 11.7. The Kier molecular flexibility index (Phi) is 4.81. The first-order valence-electron chi connectivity index (χ1n) is 6.48. The van der Waals surface area contributed by atoms with E-state index in [1.165, 1.54) is 19.1 Å². The molecular formula is C14H14N2O5S. The maximum absolute atomic E-state index is 12.0. The molecule has 1 aliphatic heterocycles. The number of hydrogen-bond acceptors (Lipinski definition) is 5. The van der Waals surface area contributed by atoms with Crippen LogP contribution in [0.15, 0.2) is 24.3 Å². The minimum absolute atomic E-state index is 0.0975. The van der Waals surface area contributed by atoms with E-state index in [0.29, 0.717) is 5.56 Å². The molecule has 0 aliphatic carbocycles. The first-order valence-corrected chi connectivity index (χ1v) is 7.47. The summed E-state index contributed by atoms with van der Waals surface area (Å²) >= 11 is 0.948. The van der Waals surface area contributed by atoms with Crippen LogP contribution in [0.1, 0.15) is 22.8 Å². The third-order valence-corrected chi connectivity index (χ3v) is 3.95. The van der Waals surface area contributed by atoms with Crippen LogP contribution >= 0.6 is 11.8 Å². The summed E-state index contributed by atoms with van der Waals surface area (Å²) in [4.78, 5) is 46.9. The fraction of sp³-hybridized carbons (Fsp3) is 0.286. The Hall–Kier alpha value is -2.35. The molecule has 0 bridgehead atoms. The van der Waals surface area contributed by atoms with E-state index in [9.17, 15) is 19.2 Å². The molecule has 1 aliphatic rings. The van der Waals surface area contributed by atoms with Crippen molar-refractivity contribution in [3.8, 4) is 0 Å². The highest BCUT2D eigenvalue weighted by Crippen LogP contribution is 2.21. The predicted molar refractivity (Wildman–Crippen MR) is 79.4 cm³/mol. The van der Waals surface area contributed by atoms with Crippen LogP contribution in [0, 0.1) is 0 Å². The lowest BCUT2D eigenvalue weighted by molar-refractivity contribution is -0.138. The van der Waals surface area contributed by atoms with Crippen molar-refractivity contribution < 1.29 is 24.3 Å². The number of carboxylic acid groups (broad SMARTS) is 1. The summed E-state index contributed by atoms with van der Waals surface area (Å²) in [5.41, 5.74) is 0.900. The molecule has 8 heteroatoms. The summed E-state index contributed by atoms with van der Waals surface area (Å²) in [5, 5.41) is 10.8. The number of carbonyl (C=O) groups is 4. The van der Waals surface area contributed by atoms with Crippen LogP contribution in [-0.4, -0.2) is 44.8 Å². The second kappa shape index (κ2) is 6.61. The normalized spacial score (nSPS) is 15.8.